The monoisotopic (exact) mass is 261 g/mol. The van der Waals surface area contributed by atoms with Crippen molar-refractivity contribution in [3.8, 4) is 6.07 Å². The number of carbonyl (C=O) groups is 1. The third-order valence-corrected chi connectivity index (χ3v) is 3.71. The topological polar surface area (TPSA) is 56.1 Å². The summed E-state index contributed by atoms with van der Waals surface area (Å²) in [6.07, 6.45) is 0. The molecule has 0 aliphatic carbocycles. The number of nitriles is 1. The Hall–Kier alpha value is -1.51. The molecule has 1 saturated heterocycles. The van der Waals surface area contributed by atoms with E-state index in [-0.39, 0.29) is 5.91 Å². The number of nitrogens with one attached hydrogen (secondary N) is 1. The van der Waals surface area contributed by atoms with Gasteiger partial charge in [-0.15, -0.1) is 0 Å². The van der Waals surface area contributed by atoms with Crippen molar-refractivity contribution in [3.63, 3.8) is 0 Å². The molecule has 1 heterocycles. The molecule has 1 aliphatic rings. The predicted octanol–water partition coefficient (Wildman–Crippen LogP) is 1.55. The van der Waals surface area contributed by atoms with Crippen LogP contribution in [0, 0.1) is 11.3 Å². The van der Waals surface area contributed by atoms with E-state index in [1.807, 2.05) is 17.8 Å². The minimum atomic E-state index is 0.00612. The van der Waals surface area contributed by atoms with Crippen molar-refractivity contribution in [1.29, 1.82) is 5.26 Å². The molecule has 1 amide bonds. The van der Waals surface area contributed by atoms with Crippen molar-refractivity contribution in [2.75, 3.05) is 36.5 Å². The Kier molecular flexibility index (Phi) is 4.62. The lowest BCUT2D eigenvalue weighted by atomic mass is 10.2. The highest BCUT2D eigenvalue weighted by Crippen LogP contribution is 2.11. The van der Waals surface area contributed by atoms with E-state index in [9.17, 15) is 4.79 Å². The van der Waals surface area contributed by atoms with Gasteiger partial charge in [0.05, 0.1) is 18.2 Å². The van der Waals surface area contributed by atoms with Gasteiger partial charge >= 0.3 is 0 Å². The molecule has 1 N–H and O–H groups in total. The normalized spacial score (nSPS) is 15.9. The minimum Gasteiger partial charge on any atom is -0.325 e. The van der Waals surface area contributed by atoms with Crippen LogP contribution in [-0.2, 0) is 4.79 Å². The van der Waals surface area contributed by atoms with E-state index in [4.69, 9.17) is 5.26 Å². The highest BCUT2D eigenvalue weighted by atomic mass is 32.2. The number of hydrogen-bond donors (Lipinski definition) is 1. The van der Waals surface area contributed by atoms with Crippen LogP contribution in [0.25, 0.3) is 0 Å². The van der Waals surface area contributed by atoms with Crippen LogP contribution >= 0.6 is 11.8 Å². The largest absolute Gasteiger partial charge is 0.325 e. The lowest BCUT2D eigenvalue weighted by Gasteiger charge is -2.25. The molecular weight excluding hydrogens is 246 g/mol. The average molecular weight is 261 g/mol. The molecule has 18 heavy (non-hydrogen) atoms. The van der Waals surface area contributed by atoms with Crippen molar-refractivity contribution < 1.29 is 4.79 Å². The van der Waals surface area contributed by atoms with E-state index >= 15 is 0 Å². The number of hydrogen-bond acceptors (Lipinski definition) is 4. The van der Waals surface area contributed by atoms with Gasteiger partial charge in [-0.1, -0.05) is 0 Å². The summed E-state index contributed by atoms with van der Waals surface area (Å²) in [5.41, 5.74) is 1.34. The average Bonchev–Trinajstić information content (AvgIpc) is 2.40. The first-order chi connectivity index (χ1) is 8.78. The summed E-state index contributed by atoms with van der Waals surface area (Å²) in [6.45, 7) is 2.40. The van der Waals surface area contributed by atoms with Gasteiger partial charge in [-0.05, 0) is 24.3 Å². The van der Waals surface area contributed by atoms with Gasteiger partial charge in [0.25, 0.3) is 0 Å². The molecule has 2 rings (SSSR count). The maximum atomic E-state index is 11.8. The second kappa shape index (κ2) is 6.43. The van der Waals surface area contributed by atoms with E-state index in [1.165, 1.54) is 0 Å². The quantitative estimate of drug-likeness (QED) is 0.897. The smallest absolute Gasteiger partial charge is 0.238 e. The van der Waals surface area contributed by atoms with Crippen LogP contribution in [0.4, 0.5) is 5.69 Å². The van der Waals surface area contributed by atoms with Gasteiger partial charge < -0.3 is 5.32 Å². The van der Waals surface area contributed by atoms with Gasteiger partial charge in [-0.25, -0.2) is 0 Å². The van der Waals surface area contributed by atoms with Gasteiger partial charge in [0.2, 0.25) is 5.91 Å². The van der Waals surface area contributed by atoms with Crippen LogP contribution < -0.4 is 5.32 Å². The number of rotatable bonds is 3. The number of anilines is 1. The number of benzene rings is 1. The molecule has 1 aliphatic heterocycles. The number of amides is 1. The first-order valence-corrected chi connectivity index (χ1v) is 7.03. The van der Waals surface area contributed by atoms with E-state index in [1.54, 1.807) is 24.3 Å². The summed E-state index contributed by atoms with van der Waals surface area (Å²) in [5, 5.41) is 11.5. The zero-order chi connectivity index (χ0) is 12.8. The molecule has 94 valence electrons. The first-order valence-electron chi connectivity index (χ1n) is 5.88. The Morgan fingerprint density at radius 3 is 2.61 bits per heavy atom. The lowest BCUT2D eigenvalue weighted by Crippen LogP contribution is -2.38. The Morgan fingerprint density at radius 2 is 2.00 bits per heavy atom. The molecule has 1 fully saturated rings. The van der Waals surface area contributed by atoms with Crippen molar-refractivity contribution >= 4 is 23.4 Å². The summed E-state index contributed by atoms with van der Waals surface area (Å²) < 4.78 is 0. The first kappa shape index (κ1) is 12.9. The molecule has 4 nitrogen and oxygen atoms in total. The van der Waals surface area contributed by atoms with E-state index in [2.05, 4.69) is 10.2 Å². The molecule has 1 aromatic carbocycles. The summed E-state index contributed by atoms with van der Waals surface area (Å²) >= 11 is 1.93. The third kappa shape index (κ3) is 3.76. The van der Waals surface area contributed by atoms with Crippen LogP contribution in [-0.4, -0.2) is 41.9 Å². The SMILES string of the molecule is N#Cc1ccc(NC(=O)CN2CCSCC2)cc1. The third-order valence-electron chi connectivity index (χ3n) is 2.77. The van der Waals surface area contributed by atoms with Crippen molar-refractivity contribution in [1.82, 2.24) is 4.90 Å². The molecule has 0 saturated carbocycles. The highest BCUT2D eigenvalue weighted by molar-refractivity contribution is 7.99. The van der Waals surface area contributed by atoms with Gasteiger partial charge in [-0.3, -0.25) is 9.69 Å². The van der Waals surface area contributed by atoms with Gasteiger partial charge in [0.15, 0.2) is 0 Å². The van der Waals surface area contributed by atoms with Gasteiger partial charge in [0.1, 0.15) is 0 Å². The zero-order valence-corrected chi connectivity index (χ0v) is 10.9. The second-order valence-electron chi connectivity index (χ2n) is 4.13. The molecule has 0 unspecified atom stereocenters. The summed E-state index contributed by atoms with van der Waals surface area (Å²) in [5.74, 6) is 2.21. The molecular formula is C13H15N3OS. The standard InChI is InChI=1S/C13H15N3OS/c14-9-11-1-3-12(4-2-11)15-13(17)10-16-5-7-18-8-6-16/h1-4H,5-8,10H2,(H,15,17). The Balaban J connectivity index is 1.84. The minimum absolute atomic E-state index is 0.00612. The fraction of sp³-hybridized carbons (Fsp3) is 0.385. The molecule has 0 bridgehead atoms. The summed E-state index contributed by atoms with van der Waals surface area (Å²) in [6, 6.07) is 8.96. The van der Waals surface area contributed by atoms with Gasteiger partial charge in [-0.2, -0.15) is 17.0 Å². The maximum Gasteiger partial charge on any atom is 0.238 e. The van der Waals surface area contributed by atoms with Crippen LogP contribution in [0.3, 0.4) is 0 Å². The maximum absolute atomic E-state index is 11.8. The van der Waals surface area contributed by atoms with Crippen LogP contribution in [0.1, 0.15) is 5.56 Å². The number of thioether (sulfide) groups is 1. The van der Waals surface area contributed by atoms with Crippen molar-refractivity contribution in [2.24, 2.45) is 0 Å². The van der Waals surface area contributed by atoms with Crippen molar-refractivity contribution in [3.05, 3.63) is 29.8 Å². The molecule has 0 spiro atoms. The van der Waals surface area contributed by atoms with Crippen LogP contribution in [0.2, 0.25) is 0 Å². The predicted molar refractivity (Wildman–Crippen MR) is 73.6 cm³/mol. The summed E-state index contributed by atoms with van der Waals surface area (Å²) in [4.78, 5) is 14.0. The van der Waals surface area contributed by atoms with Crippen LogP contribution in [0.5, 0.6) is 0 Å². The molecule has 1 aromatic rings. The number of carbonyl (C=O) groups excluding carboxylic acids is 1. The Morgan fingerprint density at radius 1 is 1.33 bits per heavy atom. The molecule has 5 heteroatoms. The van der Waals surface area contributed by atoms with E-state index in [0.717, 1.165) is 30.3 Å². The second-order valence-corrected chi connectivity index (χ2v) is 5.35. The fourth-order valence-corrected chi connectivity index (χ4v) is 2.77. The highest BCUT2D eigenvalue weighted by Gasteiger charge is 2.13. The summed E-state index contributed by atoms with van der Waals surface area (Å²) in [7, 11) is 0. The van der Waals surface area contributed by atoms with E-state index in [0.29, 0.717) is 12.1 Å². The molecule has 0 radical (unpaired) electrons. The van der Waals surface area contributed by atoms with Crippen molar-refractivity contribution in [2.45, 2.75) is 0 Å². The number of nitrogens with zero attached hydrogens (tertiary/aromatic N) is 2. The lowest BCUT2D eigenvalue weighted by molar-refractivity contribution is -0.117. The zero-order valence-electron chi connectivity index (χ0n) is 10.1. The molecule has 0 atom stereocenters. The Bertz CT molecular complexity index is 446. The van der Waals surface area contributed by atoms with Crippen LogP contribution in [0.15, 0.2) is 24.3 Å². The fourth-order valence-electron chi connectivity index (χ4n) is 1.79. The molecule has 0 aromatic heterocycles. The Labute approximate surface area is 111 Å². The van der Waals surface area contributed by atoms with Gasteiger partial charge in [0, 0.05) is 30.3 Å². The van der Waals surface area contributed by atoms with E-state index < -0.39 is 0 Å².